The highest BCUT2D eigenvalue weighted by Crippen LogP contribution is 2.26. The molecule has 4 nitrogen and oxygen atoms in total. The topological polar surface area (TPSA) is 49.8 Å². The number of aryl methyl sites for hydroxylation is 1. The van der Waals surface area contributed by atoms with E-state index in [1.165, 1.54) is 5.56 Å². The van der Waals surface area contributed by atoms with E-state index < -0.39 is 0 Å². The maximum atomic E-state index is 4.38. The van der Waals surface area contributed by atoms with Gasteiger partial charge in [0.15, 0.2) is 0 Å². The standard InChI is InChI=1S/C15H19BrN4/c1-4-5-12-14(17-3)18-9-19-15(12)20-11-6-7-13(16)10(2)8-11/h6-9H,4-5H2,1-3H3,(H2,17,18,19,20). The van der Waals surface area contributed by atoms with Gasteiger partial charge in [-0.1, -0.05) is 29.3 Å². The number of nitrogens with zero attached hydrogens (tertiary/aromatic N) is 2. The Labute approximate surface area is 128 Å². The average Bonchev–Trinajstić information content (AvgIpc) is 2.45. The van der Waals surface area contributed by atoms with Gasteiger partial charge in [-0.3, -0.25) is 0 Å². The lowest BCUT2D eigenvalue weighted by atomic mass is 10.1. The third-order valence-corrected chi connectivity index (χ3v) is 3.99. The van der Waals surface area contributed by atoms with Gasteiger partial charge in [-0.25, -0.2) is 9.97 Å². The molecule has 20 heavy (non-hydrogen) atoms. The largest absolute Gasteiger partial charge is 0.373 e. The predicted octanol–water partition coefficient (Wildman–Crippen LogP) is 4.29. The first-order chi connectivity index (χ1) is 9.65. The summed E-state index contributed by atoms with van der Waals surface area (Å²) in [4.78, 5) is 8.66. The zero-order valence-electron chi connectivity index (χ0n) is 12.0. The van der Waals surface area contributed by atoms with Gasteiger partial charge >= 0.3 is 0 Å². The molecule has 2 aromatic rings. The van der Waals surface area contributed by atoms with E-state index in [-0.39, 0.29) is 0 Å². The Morgan fingerprint density at radius 3 is 2.60 bits per heavy atom. The number of halogens is 1. The van der Waals surface area contributed by atoms with Gasteiger partial charge in [0, 0.05) is 22.8 Å². The molecule has 0 unspecified atom stereocenters. The van der Waals surface area contributed by atoms with Gasteiger partial charge in [-0.2, -0.15) is 0 Å². The zero-order chi connectivity index (χ0) is 14.5. The Balaban J connectivity index is 2.34. The Morgan fingerprint density at radius 2 is 1.95 bits per heavy atom. The van der Waals surface area contributed by atoms with Crippen molar-refractivity contribution in [1.82, 2.24) is 9.97 Å². The van der Waals surface area contributed by atoms with E-state index in [1.54, 1.807) is 6.33 Å². The summed E-state index contributed by atoms with van der Waals surface area (Å²) in [6.07, 6.45) is 3.57. The normalized spacial score (nSPS) is 10.4. The summed E-state index contributed by atoms with van der Waals surface area (Å²) in [6, 6.07) is 6.17. The van der Waals surface area contributed by atoms with Gasteiger partial charge in [0.05, 0.1) is 0 Å². The fourth-order valence-corrected chi connectivity index (χ4v) is 2.33. The van der Waals surface area contributed by atoms with Crippen LogP contribution in [0, 0.1) is 6.92 Å². The Bertz CT molecular complexity index is 598. The van der Waals surface area contributed by atoms with Crippen LogP contribution in [0.5, 0.6) is 0 Å². The highest BCUT2D eigenvalue weighted by molar-refractivity contribution is 9.10. The molecule has 1 aromatic carbocycles. The summed E-state index contributed by atoms with van der Waals surface area (Å²) in [7, 11) is 1.88. The fourth-order valence-electron chi connectivity index (χ4n) is 2.08. The summed E-state index contributed by atoms with van der Waals surface area (Å²) in [6.45, 7) is 4.22. The molecule has 0 saturated carbocycles. The summed E-state index contributed by atoms with van der Waals surface area (Å²) >= 11 is 3.51. The van der Waals surface area contributed by atoms with Gasteiger partial charge in [-0.05, 0) is 37.1 Å². The summed E-state index contributed by atoms with van der Waals surface area (Å²) in [5.74, 6) is 1.76. The number of rotatable bonds is 5. The van der Waals surface area contributed by atoms with Crippen LogP contribution in [0.2, 0.25) is 0 Å². The molecule has 2 N–H and O–H groups in total. The Kier molecular flexibility index (Phi) is 4.95. The SMILES string of the molecule is CCCc1c(NC)ncnc1Nc1ccc(Br)c(C)c1. The number of hydrogen-bond donors (Lipinski definition) is 2. The average molecular weight is 335 g/mol. The highest BCUT2D eigenvalue weighted by atomic mass is 79.9. The maximum absolute atomic E-state index is 4.38. The lowest BCUT2D eigenvalue weighted by Crippen LogP contribution is -2.05. The second-order valence-corrected chi connectivity index (χ2v) is 5.49. The summed E-state index contributed by atoms with van der Waals surface area (Å²) < 4.78 is 1.11. The summed E-state index contributed by atoms with van der Waals surface area (Å²) in [5, 5.41) is 6.52. The van der Waals surface area contributed by atoms with Crippen LogP contribution in [-0.2, 0) is 6.42 Å². The monoisotopic (exact) mass is 334 g/mol. The van der Waals surface area contributed by atoms with Crippen LogP contribution in [-0.4, -0.2) is 17.0 Å². The van der Waals surface area contributed by atoms with Crippen molar-refractivity contribution in [1.29, 1.82) is 0 Å². The molecule has 0 amide bonds. The first-order valence-electron chi connectivity index (χ1n) is 6.70. The summed E-state index contributed by atoms with van der Waals surface area (Å²) in [5.41, 5.74) is 3.34. The van der Waals surface area contributed by atoms with Crippen LogP contribution in [0.3, 0.4) is 0 Å². The highest BCUT2D eigenvalue weighted by Gasteiger charge is 2.10. The third kappa shape index (κ3) is 3.28. The minimum atomic E-state index is 0.868. The van der Waals surface area contributed by atoms with E-state index in [9.17, 15) is 0 Å². The number of anilines is 3. The Morgan fingerprint density at radius 1 is 1.20 bits per heavy atom. The van der Waals surface area contributed by atoms with E-state index in [0.717, 1.165) is 40.2 Å². The minimum Gasteiger partial charge on any atom is -0.373 e. The first kappa shape index (κ1) is 14.8. The van der Waals surface area contributed by atoms with Gasteiger partial charge in [0.1, 0.15) is 18.0 Å². The first-order valence-corrected chi connectivity index (χ1v) is 7.49. The number of hydrogen-bond acceptors (Lipinski definition) is 4. The molecule has 0 aliphatic carbocycles. The lowest BCUT2D eigenvalue weighted by molar-refractivity contribution is 0.905. The zero-order valence-corrected chi connectivity index (χ0v) is 13.6. The van der Waals surface area contributed by atoms with Gasteiger partial charge in [-0.15, -0.1) is 0 Å². The molecule has 0 saturated heterocycles. The van der Waals surface area contributed by atoms with Crippen molar-refractivity contribution in [2.24, 2.45) is 0 Å². The lowest BCUT2D eigenvalue weighted by Gasteiger charge is -2.14. The van der Waals surface area contributed by atoms with E-state index >= 15 is 0 Å². The molecule has 1 aromatic heterocycles. The smallest absolute Gasteiger partial charge is 0.139 e. The molecule has 5 heteroatoms. The molecule has 0 fully saturated rings. The fraction of sp³-hybridized carbons (Fsp3) is 0.333. The van der Waals surface area contributed by atoms with E-state index in [0.29, 0.717) is 0 Å². The van der Waals surface area contributed by atoms with Crippen LogP contribution in [0.15, 0.2) is 29.0 Å². The van der Waals surface area contributed by atoms with Crippen LogP contribution in [0.1, 0.15) is 24.5 Å². The van der Waals surface area contributed by atoms with E-state index in [1.807, 2.05) is 19.2 Å². The maximum Gasteiger partial charge on any atom is 0.139 e. The van der Waals surface area contributed by atoms with Crippen molar-refractivity contribution in [2.75, 3.05) is 17.7 Å². The number of aromatic nitrogens is 2. The molecule has 1 heterocycles. The van der Waals surface area contributed by atoms with E-state index in [2.05, 4.69) is 56.4 Å². The molecule has 0 atom stereocenters. The number of nitrogens with one attached hydrogen (secondary N) is 2. The molecular formula is C15H19BrN4. The second-order valence-electron chi connectivity index (χ2n) is 4.64. The van der Waals surface area contributed by atoms with Crippen LogP contribution in [0.4, 0.5) is 17.3 Å². The van der Waals surface area contributed by atoms with Crippen LogP contribution in [0.25, 0.3) is 0 Å². The van der Waals surface area contributed by atoms with Crippen molar-refractivity contribution in [3.8, 4) is 0 Å². The van der Waals surface area contributed by atoms with Crippen molar-refractivity contribution < 1.29 is 0 Å². The van der Waals surface area contributed by atoms with Gasteiger partial charge in [0.25, 0.3) is 0 Å². The molecular weight excluding hydrogens is 316 g/mol. The number of benzene rings is 1. The molecule has 0 aliphatic heterocycles. The van der Waals surface area contributed by atoms with Crippen molar-refractivity contribution in [3.05, 3.63) is 40.1 Å². The van der Waals surface area contributed by atoms with E-state index in [4.69, 9.17) is 0 Å². The second kappa shape index (κ2) is 6.70. The van der Waals surface area contributed by atoms with Gasteiger partial charge in [0.2, 0.25) is 0 Å². The van der Waals surface area contributed by atoms with Crippen molar-refractivity contribution in [3.63, 3.8) is 0 Å². The third-order valence-electron chi connectivity index (χ3n) is 3.10. The molecule has 0 aliphatic rings. The minimum absolute atomic E-state index is 0.868. The molecule has 106 valence electrons. The van der Waals surface area contributed by atoms with Crippen molar-refractivity contribution >= 4 is 33.3 Å². The predicted molar refractivity (Wildman–Crippen MR) is 87.7 cm³/mol. The van der Waals surface area contributed by atoms with Crippen LogP contribution >= 0.6 is 15.9 Å². The quantitative estimate of drug-likeness (QED) is 0.856. The van der Waals surface area contributed by atoms with Crippen LogP contribution < -0.4 is 10.6 Å². The molecule has 0 bridgehead atoms. The molecule has 2 rings (SSSR count). The Hall–Kier alpha value is -1.62. The molecule has 0 spiro atoms. The van der Waals surface area contributed by atoms with Crippen molar-refractivity contribution in [2.45, 2.75) is 26.7 Å². The van der Waals surface area contributed by atoms with Gasteiger partial charge < -0.3 is 10.6 Å². The molecule has 0 radical (unpaired) electrons.